The SMILES string of the molecule is Oc1cc(C2CC2)ccc1-c1nnc(N[C@@H]2CCCC[C@H]2O)c2c1C[C@H]1CC[C@@H]2O1. The van der Waals surface area contributed by atoms with Crippen molar-refractivity contribution in [1.29, 1.82) is 0 Å². The van der Waals surface area contributed by atoms with Gasteiger partial charge in [-0.25, -0.2) is 0 Å². The van der Waals surface area contributed by atoms with Crippen LogP contribution < -0.4 is 5.32 Å². The van der Waals surface area contributed by atoms with Crippen LogP contribution in [0.3, 0.4) is 0 Å². The fraction of sp³-hybridized carbons (Fsp3) is 0.583. The Labute approximate surface area is 176 Å². The Morgan fingerprint density at radius 1 is 1.00 bits per heavy atom. The average molecular weight is 408 g/mol. The number of hydrogen-bond donors (Lipinski definition) is 3. The van der Waals surface area contributed by atoms with Crippen molar-refractivity contribution in [2.75, 3.05) is 5.32 Å². The molecule has 158 valence electrons. The van der Waals surface area contributed by atoms with E-state index in [1.54, 1.807) is 0 Å². The summed E-state index contributed by atoms with van der Waals surface area (Å²) >= 11 is 0. The van der Waals surface area contributed by atoms with Crippen molar-refractivity contribution in [3.05, 3.63) is 34.9 Å². The van der Waals surface area contributed by atoms with Gasteiger partial charge in [-0.1, -0.05) is 18.9 Å². The topological polar surface area (TPSA) is 87.5 Å². The lowest BCUT2D eigenvalue weighted by molar-refractivity contribution is 0.0324. The first-order valence-corrected chi connectivity index (χ1v) is 11.5. The number of ether oxygens (including phenoxy) is 1. The van der Waals surface area contributed by atoms with Crippen LogP contribution in [0.2, 0.25) is 0 Å². The molecule has 2 aliphatic carbocycles. The summed E-state index contributed by atoms with van der Waals surface area (Å²) in [5.74, 6) is 1.64. The van der Waals surface area contributed by atoms with Gasteiger partial charge in [0.25, 0.3) is 0 Å². The van der Waals surface area contributed by atoms with Crippen molar-refractivity contribution in [2.24, 2.45) is 0 Å². The molecule has 3 fully saturated rings. The largest absolute Gasteiger partial charge is 0.507 e. The molecule has 0 unspecified atom stereocenters. The highest BCUT2D eigenvalue weighted by molar-refractivity contribution is 5.73. The van der Waals surface area contributed by atoms with E-state index in [9.17, 15) is 10.2 Å². The summed E-state index contributed by atoms with van der Waals surface area (Å²) in [6.07, 6.45) is 9.08. The average Bonchev–Trinajstić information content (AvgIpc) is 3.53. The van der Waals surface area contributed by atoms with E-state index >= 15 is 0 Å². The number of aromatic hydroxyl groups is 1. The number of aliphatic hydroxyl groups excluding tert-OH is 1. The van der Waals surface area contributed by atoms with Gasteiger partial charge >= 0.3 is 0 Å². The number of phenols is 1. The Kier molecular flexibility index (Phi) is 4.46. The van der Waals surface area contributed by atoms with Crippen LogP contribution in [0.1, 0.15) is 80.1 Å². The molecule has 30 heavy (non-hydrogen) atoms. The van der Waals surface area contributed by atoms with Crippen LogP contribution in [0.25, 0.3) is 11.3 Å². The van der Waals surface area contributed by atoms with Crippen molar-refractivity contribution in [3.8, 4) is 17.0 Å². The molecule has 2 saturated carbocycles. The van der Waals surface area contributed by atoms with E-state index in [0.29, 0.717) is 5.92 Å². The Morgan fingerprint density at radius 3 is 2.67 bits per heavy atom. The fourth-order valence-corrected chi connectivity index (χ4v) is 5.53. The molecule has 6 heteroatoms. The van der Waals surface area contributed by atoms with Gasteiger partial charge in [-0.2, -0.15) is 0 Å². The lowest BCUT2D eigenvalue weighted by Gasteiger charge is -2.32. The molecule has 3 N–H and O–H groups in total. The van der Waals surface area contributed by atoms with E-state index in [2.05, 4.69) is 21.6 Å². The summed E-state index contributed by atoms with van der Waals surface area (Å²) in [5.41, 5.74) is 4.97. The molecule has 1 aromatic carbocycles. The summed E-state index contributed by atoms with van der Waals surface area (Å²) in [7, 11) is 0. The third kappa shape index (κ3) is 3.17. The number of phenolic OH excluding ortho intramolecular Hbond substituents is 1. The molecule has 3 heterocycles. The maximum atomic E-state index is 10.8. The zero-order chi connectivity index (χ0) is 20.2. The molecule has 4 aliphatic rings. The zero-order valence-corrected chi connectivity index (χ0v) is 17.2. The lowest BCUT2D eigenvalue weighted by atomic mass is 9.91. The van der Waals surface area contributed by atoms with Gasteiger partial charge in [0.1, 0.15) is 11.4 Å². The number of nitrogens with one attached hydrogen (secondary N) is 1. The number of aromatic nitrogens is 2. The maximum absolute atomic E-state index is 10.8. The first kappa shape index (κ1) is 18.6. The van der Waals surface area contributed by atoms with Crippen LogP contribution in [-0.2, 0) is 11.2 Å². The van der Waals surface area contributed by atoms with Gasteiger partial charge in [0.05, 0.1) is 24.4 Å². The van der Waals surface area contributed by atoms with Gasteiger partial charge in [-0.15, -0.1) is 10.2 Å². The second-order valence-corrected chi connectivity index (χ2v) is 9.47. The fourth-order valence-electron chi connectivity index (χ4n) is 5.53. The van der Waals surface area contributed by atoms with Gasteiger partial charge in [-0.05, 0) is 67.7 Å². The predicted octanol–water partition coefficient (Wildman–Crippen LogP) is 4.22. The summed E-state index contributed by atoms with van der Waals surface area (Å²) in [5, 5.41) is 33.9. The van der Waals surface area contributed by atoms with Gasteiger partial charge in [0.15, 0.2) is 5.82 Å². The molecule has 2 aromatic rings. The van der Waals surface area contributed by atoms with Gasteiger partial charge in [0.2, 0.25) is 0 Å². The summed E-state index contributed by atoms with van der Waals surface area (Å²) < 4.78 is 6.23. The molecule has 0 amide bonds. The molecule has 0 spiro atoms. The molecule has 2 aliphatic heterocycles. The molecule has 6 rings (SSSR count). The highest BCUT2D eigenvalue weighted by Gasteiger charge is 2.39. The first-order valence-electron chi connectivity index (χ1n) is 11.5. The van der Waals surface area contributed by atoms with Crippen molar-refractivity contribution in [3.63, 3.8) is 0 Å². The lowest BCUT2D eigenvalue weighted by Crippen LogP contribution is -2.37. The molecular formula is C24H29N3O3. The number of hydrogen-bond acceptors (Lipinski definition) is 6. The molecule has 6 nitrogen and oxygen atoms in total. The molecule has 2 bridgehead atoms. The summed E-state index contributed by atoms with van der Waals surface area (Å²) in [6, 6.07) is 6.04. The van der Waals surface area contributed by atoms with Crippen LogP contribution in [0, 0.1) is 0 Å². The standard InChI is InChI=1S/C24H29N3O3/c28-19-4-2-1-3-18(19)25-24-22-17(12-15-8-10-21(22)30-15)23(26-27-24)16-9-7-14(11-20(16)29)13-5-6-13/h7,9,11,13,15,18-19,21,28-29H,1-6,8,10,12H2,(H,25,27)/t15-,18-,19-,21+/m1/s1. The molecule has 0 radical (unpaired) electrons. The number of anilines is 1. The quantitative estimate of drug-likeness (QED) is 0.703. The van der Waals surface area contributed by atoms with E-state index in [1.165, 1.54) is 18.4 Å². The van der Waals surface area contributed by atoms with Crippen LogP contribution in [-0.4, -0.2) is 38.7 Å². The van der Waals surface area contributed by atoms with Crippen LogP contribution >= 0.6 is 0 Å². The highest BCUT2D eigenvalue weighted by atomic mass is 16.5. The minimum absolute atomic E-state index is 0.00774. The zero-order valence-electron chi connectivity index (χ0n) is 17.2. The maximum Gasteiger partial charge on any atom is 0.155 e. The van der Waals surface area contributed by atoms with E-state index in [1.807, 2.05) is 12.1 Å². The first-order chi connectivity index (χ1) is 14.7. The van der Waals surface area contributed by atoms with Gasteiger partial charge in [0, 0.05) is 17.5 Å². The van der Waals surface area contributed by atoms with Crippen LogP contribution in [0.5, 0.6) is 5.75 Å². The highest BCUT2D eigenvalue weighted by Crippen LogP contribution is 2.48. The predicted molar refractivity (Wildman–Crippen MR) is 114 cm³/mol. The van der Waals surface area contributed by atoms with Gasteiger partial charge in [-0.3, -0.25) is 0 Å². The van der Waals surface area contributed by atoms with E-state index < -0.39 is 0 Å². The van der Waals surface area contributed by atoms with Gasteiger partial charge < -0.3 is 20.3 Å². The number of nitrogens with zero attached hydrogens (tertiary/aromatic N) is 2. The minimum Gasteiger partial charge on any atom is -0.507 e. The second kappa shape index (κ2) is 7.20. The van der Waals surface area contributed by atoms with Crippen molar-refractivity contribution in [2.45, 2.75) is 88.1 Å². The normalized spacial score (nSPS) is 30.2. The van der Waals surface area contributed by atoms with Crippen molar-refractivity contribution < 1.29 is 14.9 Å². The van der Waals surface area contributed by atoms with Crippen LogP contribution in [0.4, 0.5) is 5.82 Å². The minimum atomic E-state index is -0.351. The third-order valence-corrected chi connectivity index (χ3v) is 7.35. The smallest absolute Gasteiger partial charge is 0.155 e. The van der Waals surface area contributed by atoms with Crippen molar-refractivity contribution in [1.82, 2.24) is 10.2 Å². The second-order valence-electron chi connectivity index (χ2n) is 9.47. The third-order valence-electron chi connectivity index (χ3n) is 7.35. The number of rotatable bonds is 4. The Bertz CT molecular complexity index is 974. The Morgan fingerprint density at radius 2 is 1.87 bits per heavy atom. The molecule has 4 atom stereocenters. The van der Waals surface area contributed by atoms with E-state index in [0.717, 1.165) is 73.1 Å². The summed E-state index contributed by atoms with van der Waals surface area (Å²) in [4.78, 5) is 0. The Balaban J connectivity index is 1.41. The Hall–Kier alpha value is -2.18. The van der Waals surface area contributed by atoms with E-state index in [4.69, 9.17) is 4.74 Å². The number of fused-ring (bicyclic) bond motifs is 4. The number of benzene rings is 1. The monoisotopic (exact) mass is 407 g/mol. The molecular weight excluding hydrogens is 378 g/mol. The summed E-state index contributed by atoms with van der Waals surface area (Å²) in [6.45, 7) is 0. The molecule has 1 aromatic heterocycles. The van der Waals surface area contributed by atoms with Crippen molar-refractivity contribution >= 4 is 5.82 Å². The molecule has 1 saturated heterocycles. The van der Waals surface area contributed by atoms with Crippen LogP contribution in [0.15, 0.2) is 18.2 Å². The van der Waals surface area contributed by atoms with E-state index in [-0.39, 0.29) is 30.1 Å². The number of aliphatic hydroxyl groups is 1.